The summed E-state index contributed by atoms with van der Waals surface area (Å²) in [6.45, 7) is 0.343. The van der Waals surface area contributed by atoms with Crippen LogP contribution in [0, 0.1) is 0 Å². The molecular weight excluding hydrogens is 246 g/mol. The summed E-state index contributed by atoms with van der Waals surface area (Å²) >= 11 is 5.99. The zero-order valence-electron chi connectivity index (χ0n) is 8.72. The normalized spacial score (nSPS) is 18.6. The average molecular weight is 263 g/mol. The minimum atomic E-state index is -2.62. The van der Waals surface area contributed by atoms with Gasteiger partial charge in [0.2, 0.25) is 0 Å². The molecule has 1 aliphatic heterocycles. The SMILES string of the molecule is C.Nc1ccc(N2CCCC(F)(F)C2)c(Cl)c1. The quantitative estimate of drug-likeness (QED) is 0.780. The minimum Gasteiger partial charge on any atom is -0.399 e. The van der Waals surface area contributed by atoms with Crippen LogP contribution < -0.4 is 10.6 Å². The lowest BCUT2D eigenvalue weighted by Crippen LogP contribution is -2.42. The van der Waals surface area contributed by atoms with Crippen LogP contribution in [0.4, 0.5) is 20.2 Å². The van der Waals surface area contributed by atoms with Crippen LogP contribution in [0.15, 0.2) is 18.2 Å². The summed E-state index contributed by atoms with van der Waals surface area (Å²) in [5, 5.41) is 0.428. The average Bonchev–Trinajstić information content (AvgIpc) is 2.15. The molecule has 0 atom stereocenters. The van der Waals surface area contributed by atoms with Crippen LogP contribution in [-0.2, 0) is 0 Å². The first-order chi connectivity index (χ1) is 7.48. The van der Waals surface area contributed by atoms with Crippen molar-refractivity contribution in [1.82, 2.24) is 0 Å². The smallest absolute Gasteiger partial charge is 0.265 e. The fraction of sp³-hybridized carbons (Fsp3) is 0.500. The van der Waals surface area contributed by atoms with Crippen molar-refractivity contribution in [1.29, 1.82) is 0 Å². The Hall–Kier alpha value is -1.03. The van der Waals surface area contributed by atoms with E-state index in [0.29, 0.717) is 29.4 Å². The lowest BCUT2D eigenvalue weighted by molar-refractivity contribution is -0.0116. The number of alkyl halides is 2. The van der Waals surface area contributed by atoms with E-state index in [4.69, 9.17) is 17.3 Å². The van der Waals surface area contributed by atoms with Gasteiger partial charge in [0.1, 0.15) is 0 Å². The Labute approximate surface area is 105 Å². The van der Waals surface area contributed by atoms with E-state index in [1.54, 1.807) is 23.1 Å². The molecule has 96 valence electrons. The number of nitrogens with two attached hydrogens (primary N) is 1. The highest BCUT2D eigenvalue weighted by molar-refractivity contribution is 6.33. The van der Waals surface area contributed by atoms with Gasteiger partial charge in [-0.3, -0.25) is 0 Å². The summed E-state index contributed by atoms with van der Waals surface area (Å²) in [5.74, 6) is -2.62. The maximum Gasteiger partial charge on any atom is 0.265 e. The van der Waals surface area contributed by atoms with Crippen LogP contribution in [0.2, 0.25) is 5.02 Å². The molecule has 5 heteroatoms. The Balaban J connectivity index is 0.00000144. The fourth-order valence-corrected chi connectivity index (χ4v) is 2.26. The summed E-state index contributed by atoms with van der Waals surface area (Å²) in [6, 6.07) is 4.96. The second kappa shape index (κ2) is 5.08. The van der Waals surface area contributed by atoms with E-state index < -0.39 is 5.92 Å². The summed E-state index contributed by atoms with van der Waals surface area (Å²) < 4.78 is 26.5. The van der Waals surface area contributed by atoms with E-state index >= 15 is 0 Å². The molecule has 0 aliphatic carbocycles. The van der Waals surface area contributed by atoms with Crippen molar-refractivity contribution in [2.24, 2.45) is 0 Å². The highest BCUT2D eigenvalue weighted by atomic mass is 35.5. The molecule has 2 nitrogen and oxygen atoms in total. The van der Waals surface area contributed by atoms with Gasteiger partial charge in [-0.2, -0.15) is 0 Å². The van der Waals surface area contributed by atoms with E-state index in [1.807, 2.05) is 0 Å². The Morgan fingerprint density at radius 2 is 2.06 bits per heavy atom. The number of nitrogen functional groups attached to an aromatic ring is 1. The van der Waals surface area contributed by atoms with Gasteiger partial charge < -0.3 is 10.6 Å². The third kappa shape index (κ3) is 3.22. The first kappa shape index (κ1) is 14.0. The van der Waals surface area contributed by atoms with Gasteiger partial charge in [0.05, 0.1) is 17.3 Å². The van der Waals surface area contributed by atoms with Gasteiger partial charge in [0.15, 0.2) is 0 Å². The lowest BCUT2D eigenvalue weighted by Gasteiger charge is -2.34. The molecule has 0 bridgehead atoms. The lowest BCUT2D eigenvalue weighted by atomic mass is 10.1. The van der Waals surface area contributed by atoms with Gasteiger partial charge in [-0.1, -0.05) is 19.0 Å². The van der Waals surface area contributed by atoms with E-state index in [-0.39, 0.29) is 20.4 Å². The zero-order chi connectivity index (χ0) is 11.8. The van der Waals surface area contributed by atoms with Crippen molar-refractivity contribution in [3.05, 3.63) is 23.2 Å². The first-order valence-electron chi connectivity index (χ1n) is 5.16. The van der Waals surface area contributed by atoms with Crippen molar-refractivity contribution in [2.75, 3.05) is 23.7 Å². The van der Waals surface area contributed by atoms with Crippen molar-refractivity contribution in [2.45, 2.75) is 26.2 Å². The molecular formula is C12H17ClF2N2. The first-order valence-corrected chi connectivity index (χ1v) is 5.53. The van der Waals surface area contributed by atoms with Crippen LogP contribution in [0.1, 0.15) is 20.3 Å². The van der Waals surface area contributed by atoms with Crippen molar-refractivity contribution >= 4 is 23.0 Å². The standard InChI is InChI=1S/C11H13ClF2N2.CH4/c12-9-6-8(15)2-3-10(9)16-5-1-4-11(13,14)7-16;/h2-3,6H,1,4-5,7,15H2;1H4. The van der Waals surface area contributed by atoms with Crippen LogP contribution in [0.5, 0.6) is 0 Å². The van der Waals surface area contributed by atoms with Crippen LogP contribution in [0.25, 0.3) is 0 Å². The molecule has 0 amide bonds. The Morgan fingerprint density at radius 3 is 2.65 bits per heavy atom. The van der Waals surface area contributed by atoms with Gasteiger partial charge in [-0.25, -0.2) is 8.78 Å². The monoisotopic (exact) mass is 262 g/mol. The molecule has 0 saturated carbocycles. The van der Waals surface area contributed by atoms with Crippen molar-refractivity contribution in [3.8, 4) is 0 Å². The molecule has 1 fully saturated rings. The van der Waals surface area contributed by atoms with Crippen LogP contribution in [0.3, 0.4) is 0 Å². The van der Waals surface area contributed by atoms with E-state index in [9.17, 15) is 8.78 Å². The molecule has 17 heavy (non-hydrogen) atoms. The van der Waals surface area contributed by atoms with Gasteiger partial charge in [-0.05, 0) is 24.6 Å². The Kier molecular flexibility index (Phi) is 4.20. The second-order valence-corrected chi connectivity index (χ2v) is 4.50. The number of halogens is 3. The Morgan fingerprint density at radius 1 is 1.35 bits per heavy atom. The second-order valence-electron chi connectivity index (χ2n) is 4.09. The predicted molar refractivity (Wildman–Crippen MR) is 69.0 cm³/mol. The van der Waals surface area contributed by atoms with E-state index in [0.717, 1.165) is 0 Å². The Bertz CT molecular complexity index is 396. The molecule has 0 spiro atoms. The molecule has 2 N–H and O–H groups in total. The summed E-state index contributed by atoms with van der Waals surface area (Å²) in [4.78, 5) is 1.62. The van der Waals surface area contributed by atoms with Crippen molar-refractivity contribution < 1.29 is 8.78 Å². The summed E-state index contributed by atoms with van der Waals surface area (Å²) in [6.07, 6.45) is 0.434. The maximum absolute atomic E-state index is 13.2. The molecule has 0 radical (unpaired) electrons. The number of benzene rings is 1. The molecule has 1 aromatic rings. The third-order valence-corrected chi connectivity index (χ3v) is 3.01. The number of nitrogens with zero attached hydrogens (tertiary/aromatic N) is 1. The largest absolute Gasteiger partial charge is 0.399 e. The highest BCUT2D eigenvalue weighted by Gasteiger charge is 2.35. The van der Waals surface area contributed by atoms with Gasteiger partial charge in [0.25, 0.3) is 5.92 Å². The molecule has 1 aliphatic rings. The van der Waals surface area contributed by atoms with E-state index in [1.165, 1.54) is 0 Å². The topological polar surface area (TPSA) is 29.3 Å². The molecule has 0 aromatic heterocycles. The molecule has 0 unspecified atom stereocenters. The number of piperidine rings is 1. The molecule has 1 heterocycles. The van der Waals surface area contributed by atoms with E-state index in [2.05, 4.69) is 0 Å². The predicted octanol–water partition coefficient (Wildman–Crippen LogP) is 3.79. The number of hydrogen-bond donors (Lipinski definition) is 1. The number of rotatable bonds is 1. The molecule has 1 saturated heterocycles. The number of anilines is 2. The highest BCUT2D eigenvalue weighted by Crippen LogP contribution is 2.34. The van der Waals surface area contributed by atoms with Gasteiger partial charge in [0, 0.05) is 18.7 Å². The fourth-order valence-electron chi connectivity index (χ4n) is 1.95. The summed E-state index contributed by atoms with van der Waals surface area (Å²) in [7, 11) is 0. The zero-order valence-corrected chi connectivity index (χ0v) is 9.47. The van der Waals surface area contributed by atoms with Gasteiger partial charge in [-0.15, -0.1) is 0 Å². The summed E-state index contributed by atoms with van der Waals surface area (Å²) in [5.41, 5.74) is 6.73. The van der Waals surface area contributed by atoms with Gasteiger partial charge >= 0.3 is 0 Å². The van der Waals surface area contributed by atoms with Crippen molar-refractivity contribution in [3.63, 3.8) is 0 Å². The van der Waals surface area contributed by atoms with Crippen LogP contribution in [-0.4, -0.2) is 19.0 Å². The molecule has 2 rings (SSSR count). The molecule has 1 aromatic carbocycles. The third-order valence-electron chi connectivity index (χ3n) is 2.71. The van der Waals surface area contributed by atoms with Crippen LogP contribution >= 0.6 is 11.6 Å². The minimum absolute atomic E-state index is 0. The maximum atomic E-state index is 13.2. The number of hydrogen-bond acceptors (Lipinski definition) is 2.